The van der Waals surface area contributed by atoms with Crippen LogP contribution >= 0.6 is 0 Å². The van der Waals surface area contributed by atoms with Gasteiger partial charge in [0, 0.05) is 20.3 Å². The highest BCUT2D eigenvalue weighted by Gasteiger charge is 2.05. The highest BCUT2D eigenvalue weighted by atomic mass is 16.5. The molecule has 0 aromatic carbocycles. The monoisotopic (exact) mass is 160 g/mol. The Labute approximate surface area is 69.6 Å². The Kier molecular flexibility index (Phi) is 7.96. The summed E-state index contributed by atoms with van der Waals surface area (Å²) in [6.45, 7) is 3.33. The number of aliphatic hydroxyl groups excluding tert-OH is 1. The van der Waals surface area contributed by atoms with Crippen LogP contribution in [0, 0.1) is 5.92 Å². The fourth-order valence-electron chi connectivity index (χ4n) is 1.33. The Hall–Kier alpha value is -0.0800. The van der Waals surface area contributed by atoms with Crippen molar-refractivity contribution >= 4 is 0 Å². The summed E-state index contributed by atoms with van der Waals surface area (Å²) in [6.07, 6.45) is 4.43. The van der Waals surface area contributed by atoms with Crippen LogP contribution in [0.5, 0.6) is 0 Å². The Morgan fingerprint density at radius 1 is 1.36 bits per heavy atom. The first-order chi connectivity index (χ1) is 5.35. The molecule has 0 rings (SSSR count). The zero-order valence-electron chi connectivity index (χ0n) is 7.68. The van der Waals surface area contributed by atoms with Gasteiger partial charge in [0.15, 0.2) is 0 Å². The highest BCUT2D eigenvalue weighted by Crippen LogP contribution is 2.12. The van der Waals surface area contributed by atoms with Crippen molar-refractivity contribution in [3.63, 3.8) is 0 Å². The van der Waals surface area contributed by atoms with Gasteiger partial charge in [0.1, 0.15) is 0 Å². The van der Waals surface area contributed by atoms with E-state index in [1.165, 1.54) is 12.8 Å². The minimum absolute atomic E-state index is 0.309. The minimum Gasteiger partial charge on any atom is -0.396 e. The molecule has 0 bridgehead atoms. The molecule has 0 aromatic rings. The largest absolute Gasteiger partial charge is 0.396 e. The van der Waals surface area contributed by atoms with Gasteiger partial charge >= 0.3 is 0 Å². The molecular weight excluding hydrogens is 140 g/mol. The molecule has 0 aromatic heterocycles. The van der Waals surface area contributed by atoms with E-state index in [0.717, 1.165) is 19.4 Å². The van der Waals surface area contributed by atoms with Crippen LogP contribution in [0.4, 0.5) is 0 Å². The molecule has 0 aliphatic rings. The molecule has 2 heteroatoms. The number of ether oxygens (including phenoxy) is 1. The van der Waals surface area contributed by atoms with E-state index in [-0.39, 0.29) is 0 Å². The molecule has 0 aliphatic heterocycles. The van der Waals surface area contributed by atoms with Gasteiger partial charge in [0.05, 0.1) is 0 Å². The smallest absolute Gasteiger partial charge is 0.0490 e. The van der Waals surface area contributed by atoms with Crippen molar-refractivity contribution in [2.45, 2.75) is 32.6 Å². The van der Waals surface area contributed by atoms with Crippen molar-refractivity contribution in [1.82, 2.24) is 0 Å². The van der Waals surface area contributed by atoms with E-state index >= 15 is 0 Å². The third-order valence-electron chi connectivity index (χ3n) is 1.87. The number of aliphatic hydroxyl groups is 1. The highest BCUT2D eigenvalue weighted by molar-refractivity contribution is 4.57. The summed E-state index contributed by atoms with van der Waals surface area (Å²) in [5.74, 6) is 0.650. The van der Waals surface area contributed by atoms with Crippen molar-refractivity contribution in [3.8, 4) is 0 Å². The first-order valence-electron chi connectivity index (χ1n) is 4.45. The van der Waals surface area contributed by atoms with Crippen LogP contribution in [0.25, 0.3) is 0 Å². The van der Waals surface area contributed by atoms with E-state index in [2.05, 4.69) is 6.92 Å². The van der Waals surface area contributed by atoms with Crippen LogP contribution in [-0.4, -0.2) is 25.4 Å². The standard InChI is InChI=1S/C9H20O2/c1-3-5-9(8-11-2)6-4-7-10/h9-10H,3-8H2,1-2H3/t9-/m1/s1. The molecule has 0 aliphatic carbocycles. The lowest BCUT2D eigenvalue weighted by molar-refractivity contribution is 0.136. The van der Waals surface area contributed by atoms with Gasteiger partial charge in [0.2, 0.25) is 0 Å². The molecule has 0 heterocycles. The maximum atomic E-state index is 8.61. The fraction of sp³-hybridized carbons (Fsp3) is 1.00. The molecule has 68 valence electrons. The van der Waals surface area contributed by atoms with Gasteiger partial charge in [0.25, 0.3) is 0 Å². The summed E-state index contributed by atoms with van der Waals surface area (Å²) in [6, 6.07) is 0. The second-order valence-corrected chi connectivity index (χ2v) is 2.98. The predicted octanol–water partition coefficient (Wildman–Crippen LogP) is 1.82. The van der Waals surface area contributed by atoms with E-state index in [9.17, 15) is 0 Å². The molecule has 1 N–H and O–H groups in total. The van der Waals surface area contributed by atoms with E-state index in [1.54, 1.807) is 7.11 Å². The average Bonchev–Trinajstić information content (AvgIpc) is 2.01. The van der Waals surface area contributed by atoms with Crippen LogP contribution in [0.3, 0.4) is 0 Å². The molecular formula is C9H20O2. The molecule has 0 saturated heterocycles. The number of hydrogen-bond donors (Lipinski definition) is 1. The summed E-state index contributed by atoms with van der Waals surface area (Å²) in [4.78, 5) is 0. The zero-order chi connectivity index (χ0) is 8.53. The summed E-state index contributed by atoms with van der Waals surface area (Å²) < 4.78 is 5.07. The first kappa shape index (κ1) is 10.9. The average molecular weight is 160 g/mol. The fourth-order valence-corrected chi connectivity index (χ4v) is 1.33. The lowest BCUT2D eigenvalue weighted by Gasteiger charge is -2.13. The molecule has 11 heavy (non-hydrogen) atoms. The third kappa shape index (κ3) is 6.32. The van der Waals surface area contributed by atoms with E-state index in [1.807, 2.05) is 0 Å². The Bertz CT molecular complexity index is 68.0. The van der Waals surface area contributed by atoms with Gasteiger partial charge in [-0.25, -0.2) is 0 Å². The quantitative estimate of drug-likeness (QED) is 0.615. The summed E-state index contributed by atoms with van der Waals surface area (Å²) in [5, 5.41) is 8.61. The topological polar surface area (TPSA) is 29.5 Å². The van der Waals surface area contributed by atoms with Crippen molar-refractivity contribution < 1.29 is 9.84 Å². The number of hydrogen-bond acceptors (Lipinski definition) is 2. The van der Waals surface area contributed by atoms with Gasteiger partial charge in [-0.1, -0.05) is 13.3 Å². The SMILES string of the molecule is CCC[C@H](CCCO)COC. The molecule has 0 amide bonds. The molecule has 0 spiro atoms. The molecule has 2 nitrogen and oxygen atoms in total. The van der Waals surface area contributed by atoms with E-state index < -0.39 is 0 Å². The van der Waals surface area contributed by atoms with Gasteiger partial charge < -0.3 is 9.84 Å². The van der Waals surface area contributed by atoms with Crippen LogP contribution in [-0.2, 0) is 4.74 Å². The summed E-state index contributed by atoms with van der Waals surface area (Å²) in [5.41, 5.74) is 0. The van der Waals surface area contributed by atoms with Crippen molar-refractivity contribution in [2.24, 2.45) is 5.92 Å². The predicted molar refractivity (Wildman–Crippen MR) is 46.6 cm³/mol. The van der Waals surface area contributed by atoms with E-state index in [0.29, 0.717) is 12.5 Å². The zero-order valence-corrected chi connectivity index (χ0v) is 7.68. The van der Waals surface area contributed by atoms with Crippen molar-refractivity contribution in [2.75, 3.05) is 20.3 Å². The maximum Gasteiger partial charge on any atom is 0.0490 e. The first-order valence-corrected chi connectivity index (χ1v) is 4.45. The Balaban J connectivity index is 3.34. The lowest BCUT2D eigenvalue weighted by atomic mass is 9.99. The van der Waals surface area contributed by atoms with Gasteiger partial charge in [-0.15, -0.1) is 0 Å². The third-order valence-corrected chi connectivity index (χ3v) is 1.87. The second kappa shape index (κ2) is 8.02. The number of rotatable bonds is 7. The van der Waals surface area contributed by atoms with Gasteiger partial charge in [-0.2, -0.15) is 0 Å². The normalized spacial score (nSPS) is 13.4. The Morgan fingerprint density at radius 2 is 2.09 bits per heavy atom. The second-order valence-electron chi connectivity index (χ2n) is 2.98. The van der Waals surface area contributed by atoms with Gasteiger partial charge in [-0.05, 0) is 25.2 Å². The maximum absolute atomic E-state index is 8.61. The molecule has 1 atom stereocenters. The summed E-state index contributed by atoms with van der Waals surface area (Å²) in [7, 11) is 1.74. The molecule has 0 unspecified atom stereocenters. The van der Waals surface area contributed by atoms with Crippen LogP contribution in [0.15, 0.2) is 0 Å². The van der Waals surface area contributed by atoms with Crippen LogP contribution in [0.2, 0.25) is 0 Å². The summed E-state index contributed by atoms with van der Waals surface area (Å²) >= 11 is 0. The Morgan fingerprint density at radius 3 is 2.55 bits per heavy atom. The molecule has 0 saturated carbocycles. The van der Waals surface area contributed by atoms with Crippen LogP contribution < -0.4 is 0 Å². The van der Waals surface area contributed by atoms with Crippen molar-refractivity contribution in [1.29, 1.82) is 0 Å². The minimum atomic E-state index is 0.309. The molecule has 0 fully saturated rings. The van der Waals surface area contributed by atoms with Gasteiger partial charge in [-0.3, -0.25) is 0 Å². The molecule has 0 radical (unpaired) electrons. The lowest BCUT2D eigenvalue weighted by Crippen LogP contribution is -2.08. The van der Waals surface area contributed by atoms with Crippen LogP contribution in [0.1, 0.15) is 32.6 Å². The van der Waals surface area contributed by atoms with E-state index in [4.69, 9.17) is 9.84 Å². The van der Waals surface area contributed by atoms with Crippen molar-refractivity contribution in [3.05, 3.63) is 0 Å². The number of methoxy groups -OCH3 is 1.